The fourth-order valence-corrected chi connectivity index (χ4v) is 5.80. The second-order valence-electron chi connectivity index (χ2n) is 11.1. The van der Waals surface area contributed by atoms with Crippen LogP contribution < -0.4 is 5.73 Å². The van der Waals surface area contributed by atoms with Crippen molar-refractivity contribution < 1.29 is 23.0 Å². The molecule has 0 radical (unpaired) electrons. The molecule has 0 aliphatic carbocycles. The summed E-state index contributed by atoms with van der Waals surface area (Å²) in [7, 11) is 0. The monoisotopic (exact) mass is 492 g/mol. The predicted octanol–water partition coefficient (Wildman–Crippen LogP) is 3.64. The molecule has 0 bridgehead atoms. The SMILES string of the molecule is CC(C)(C)OC(=O)N1CCC2(CC1)CC(F)(F)CN2CC1CC[C@H](c2ccc3c(N)ncnn23)O1. The van der Waals surface area contributed by atoms with Gasteiger partial charge >= 0.3 is 6.09 Å². The third-order valence-corrected chi connectivity index (χ3v) is 7.40. The number of hydrogen-bond donors (Lipinski definition) is 1. The number of fused-ring (bicyclic) bond motifs is 1. The fraction of sp³-hybridized carbons (Fsp3) is 0.708. The number of likely N-dealkylation sites (tertiary alicyclic amines) is 2. The summed E-state index contributed by atoms with van der Waals surface area (Å²) < 4.78 is 42.9. The number of carbonyl (C=O) groups excluding carboxylic acids is 1. The number of halogens is 2. The van der Waals surface area contributed by atoms with Crippen LogP contribution in [-0.4, -0.2) is 79.8 Å². The molecule has 2 N–H and O–H groups in total. The second kappa shape index (κ2) is 8.55. The van der Waals surface area contributed by atoms with Gasteiger partial charge in [-0.05, 0) is 58.6 Å². The molecular formula is C24H34F2N6O3. The van der Waals surface area contributed by atoms with Crippen LogP contribution in [0.2, 0.25) is 0 Å². The number of piperidine rings is 1. The maximum Gasteiger partial charge on any atom is 0.410 e. The van der Waals surface area contributed by atoms with Gasteiger partial charge in [0, 0.05) is 31.6 Å². The first-order valence-corrected chi connectivity index (χ1v) is 12.3. The smallest absolute Gasteiger partial charge is 0.410 e. The Morgan fingerprint density at radius 3 is 2.71 bits per heavy atom. The number of nitrogen functional groups attached to an aromatic ring is 1. The molecule has 35 heavy (non-hydrogen) atoms. The Kier molecular flexibility index (Phi) is 5.90. The standard InChI is InChI=1S/C24H34F2N6O3/c1-22(2,3)35-21(33)30-10-8-23(9-11-30)13-24(25,26)14-31(23)12-16-4-7-19(34-16)17-5-6-18-20(27)28-15-29-32(17)18/h5-6,15-16,19H,4,7-14H2,1-3H3,(H2,27,28,29)/t16?,19-/m1/s1. The molecule has 0 aromatic carbocycles. The number of hydrogen-bond acceptors (Lipinski definition) is 7. The Hall–Kier alpha value is -2.53. The van der Waals surface area contributed by atoms with Crippen molar-refractivity contribution in [2.75, 3.05) is 31.9 Å². The molecule has 11 heteroatoms. The number of alkyl halides is 2. The molecule has 2 aromatic heterocycles. The van der Waals surface area contributed by atoms with E-state index in [1.807, 2.05) is 37.8 Å². The summed E-state index contributed by atoms with van der Waals surface area (Å²) in [4.78, 5) is 20.0. The van der Waals surface area contributed by atoms with Gasteiger partial charge in [0.25, 0.3) is 5.92 Å². The van der Waals surface area contributed by atoms with Crippen molar-refractivity contribution in [3.63, 3.8) is 0 Å². The minimum Gasteiger partial charge on any atom is -0.444 e. The topological polar surface area (TPSA) is 98.2 Å². The number of rotatable bonds is 3. The highest BCUT2D eigenvalue weighted by atomic mass is 19.3. The lowest BCUT2D eigenvalue weighted by molar-refractivity contribution is -0.0225. The van der Waals surface area contributed by atoms with Gasteiger partial charge in [-0.2, -0.15) is 5.10 Å². The number of amides is 1. The molecule has 3 aliphatic rings. The summed E-state index contributed by atoms with van der Waals surface area (Å²) in [6.45, 7) is 6.45. The molecule has 3 aliphatic heterocycles. The molecule has 0 saturated carbocycles. The molecule has 3 saturated heterocycles. The Balaban J connectivity index is 1.25. The van der Waals surface area contributed by atoms with Gasteiger partial charge in [-0.25, -0.2) is 23.1 Å². The quantitative estimate of drug-likeness (QED) is 0.699. The van der Waals surface area contributed by atoms with E-state index in [-0.39, 0.29) is 31.3 Å². The number of aromatic nitrogens is 3. The van der Waals surface area contributed by atoms with E-state index in [9.17, 15) is 13.6 Å². The number of ether oxygens (including phenoxy) is 2. The van der Waals surface area contributed by atoms with Gasteiger partial charge in [-0.1, -0.05) is 0 Å². The average molecular weight is 493 g/mol. The molecule has 5 rings (SSSR count). The number of anilines is 1. The van der Waals surface area contributed by atoms with E-state index in [0.29, 0.717) is 38.3 Å². The van der Waals surface area contributed by atoms with Gasteiger partial charge in [0.15, 0.2) is 5.82 Å². The van der Waals surface area contributed by atoms with Crippen molar-refractivity contribution >= 4 is 17.4 Å². The number of nitrogens with zero attached hydrogens (tertiary/aromatic N) is 5. The molecule has 1 spiro atoms. The molecule has 192 valence electrons. The summed E-state index contributed by atoms with van der Waals surface area (Å²) in [5.41, 5.74) is 6.35. The average Bonchev–Trinajstić information content (AvgIpc) is 3.44. The summed E-state index contributed by atoms with van der Waals surface area (Å²) >= 11 is 0. The fourth-order valence-electron chi connectivity index (χ4n) is 5.80. The lowest BCUT2D eigenvalue weighted by atomic mass is 9.84. The van der Waals surface area contributed by atoms with E-state index in [2.05, 4.69) is 10.1 Å². The first kappa shape index (κ1) is 24.2. The summed E-state index contributed by atoms with van der Waals surface area (Å²) in [6, 6.07) is 3.81. The van der Waals surface area contributed by atoms with Crippen LogP contribution >= 0.6 is 0 Å². The summed E-state index contributed by atoms with van der Waals surface area (Å²) in [5, 5.41) is 4.30. The lowest BCUT2D eigenvalue weighted by Crippen LogP contribution is -2.55. The van der Waals surface area contributed by atoms with Crippen LogP contribution in [-0.2, 0) is 9.47 Å². The van der Waals surface area contributed by atoms with E-state index >= 15 is 0 Å². The third-order valence-electron chi connectivity index (χ3n) is 7.40. The molecule has 1 unspecified atom stereocenters. The molecular weight excluding hydrogens is 458 g/mol. The molecule has 2 atom stereocenters. The first-order chi connectivity index (χ1) is 16.4. The van der Waals surface area contributed by atoms with Crippen LogP contribution in [0.3, 0.4) is 0 Å². The zero-order valence-electron chi connectivity index (χ0n) is 20.5. The minimum atomic E-state index is -2.75. The number of nitrogens with two attached hydrogens (primary N) is 1. The van der Waals surface area contributed by atoms with E-state index in [1.165, 1.54) is 6.33 Å². The van der Waals surface area contributed by atoms with Crippen LogP contribution in [0.25, 0.3) is 5.52 Å². The molecule has 5 heterocycles. The molecule has 3 fully saturated rings. The zero-order valence-corrected chi connectivity index (χ0v) is 20.5. The maximum atomic E-state index is 14.7. The Morgan fingerprint density at radius 2 is 2.00 bits per heavy atom. The predicted molar refractivity (Wildman–Crippen MR) is 125 cm³/mol. The van der Waals surface area contributed by atoms with E-state index in [4.69, 9.17) is 15.2 Å². The highest BCUT2D eigenvalue weighted by Crippen LogP contribution is 2.46. The van der Waals surface area contributed by atoms with Gasteiger partial charge in [-0.15, -0.1) is 0 Å². The van der Waals surface area contributed by atoms with Crippen molar-refractivity contribution in [3.05, 3.63) is 24.2 Å². The van der Waals surface area contributed by atoms with Gasteiger partial charge in [0.2, 0.25) is 0 Å². The van der Waals surface area contributed by atoms with E-state index in [0.717, 1.165) is 24.1 Å². The van der Waals surface area contributed by atoms with Crippen molar-refractivity contribution in [3.8, 4) is 0 Å². The van der Waals surface area contributed by atoms with Gasteiger partial charge < -0.3 is 20.1 Å². The normalized spacial score (nSPS) is 26.6. The second-order valence-corrected chi connectivity index (χ2v) is 11.1. The summed E-state index contributed by atoms with van der Waals surface area (Å²) in [6.07, 6.45) is 3.08. The van der Waals surface area contributed by atoms with Crippen LogP contribution in [0.1, 0.15) is 64.7 Å². The lowest BCUT2D eigenvalue weighted by Gasteiger charge is -2.45. The van der Waals surface area contributed by atoms with Crippen molar-refractivity contribution in [2.24, 2.45) is 0 Å². The maximum absolute atomic E-state index is 14.7. The highest BCUT2D eigenvalue weighted by molar-refractivity contribution is 5.68. The minimum absolute atomic E-state index is 0.153. The van der Waals surface area contributed by atoms with Crippen LogP contribution in [0.4, 0.5) is 19.4 Å². The molecule has 9 nitrogen and oxygen atoms in total. The van der Waals surface area contributed by atoms with Gasteiger partial charge in [-0.3, -0.25) is 4.90 Å². The van der Waals surface area contributed by atoms with Gasteiger partial charge in [0.05, 0.1) is 18.3 Å². The first-order valence-electron chi connectivity index (χ1n) is 12.3. The molecule has 2 aromatic rings. The summed E-state index contributed by atoms with van der Waals surface area (Å²) in [5.74, 6) is -2.35. The van der Waals surface area contributed by atoms with Crippen LogP contribution in [0, 0.1) is 0 Å². The highest BCUT2D eigenvalue weighted by Gasteiger charge is 2.56. The van der Waals surface area contributed by atoms with E-state index < -0.39 is 17.1 Å². The van der Waals surface area contributed by atoms with Crippen molar-refractivity contribution in [1.82, 2.24) is 24.4 Å². The Labute approximate surface area is 203 Å². The third kappa shape index (κ3) is 4.80. The van der Waals surface area contributed by atoms with Crippen LogP contribution in [0.5, 0.6) is 0 Å². The Bertz CT molecular complexity index is 1090. The van der Waals surface area contributed by atoms with Gasteiger partial charge in [0.1, 0.15) is 23.5 Å². The zero-order chi connectivity index (χ0) is 25.0. The van der Waals surface area contributed by atoms with Crippen molar-refractivity contribution in [2.45, 2.75) is 82.1 Å². The largest absolute Gasteiger partial charge is 0.444 e. The van der Waals surface area contributed by atoms with Crippen LogP contribution in [0.15, 0.2) is 18.5 Å². The van der Waals surface area contributed by atoms with E-state index in [1.54, 1.807) is 9.42 Å². The molecule has 1 amide bonds. The Morgan fingerprint density at radius 1 is 1.26 bits per heavy atom. The van der Waals surface area contributed by atoms with Crippen molar-refractivity contribution in [1.29, 1.82) is 0 Å². The number of carbonyl (C=O) groups is 1.